The van der Waals surface area contributed by atoms with Crippen molar-refractivity contribution >= 4 is 34.9 Å². The summed E-state index contributed by atoms with van der Waals surface area (Å²) >= 11 is 11.4. The molecule has 7 heteroatoms. The summed E-state index contributed by atoms with van der Waals surface area (Å²) in [6.45, 7) is 7.39. The number of rotatable bonds is 5. The molecule has 0 radical (unpaired) electrons. The van der Waals surface area contributed by atoms with E-state index < -0.39 is 4.92 Å². The fraction of sp³-hybridized carbons (Fsp3) is 0.471. The summed E-state index contributed by atoms with van der Waals surface area (Å²) in [5.74, 6) is -0.729. The Kier molecular flexibility index (Phi) is 5.25. The number of hydrogen-bond donors (Lipinski definition) is 0. The average Bonchev–Trinajstić information content (AvgIpc) is 2.98. The molecule has 1 aliphatic carbocycles. The number of nitro groups is 1. The van der Waals surface area contributed by atoms with Crippen molar-refractivity contribution in [1.29, 1.82) is 0 Å². The maximum atomic E-state index is 12.4. The normalized spacial score (nSPS) is 21.1. The minimum atomic E-state index is -0.437. The van der Waals surface area contributed by atoms with Crippen molar-refractivity contribution in [3.63, 3.8) is 0 Å². The van der Waals surface area contributed by atoms with Crippen LogP contribution >= 0.6 is 23.2 Å². The number of nitro benzene ring substituents is 1. The van der Waals surface area contributed by atoms with Gasteiger partial charge in [-0.2, -0.15) is 0 Å². The van der Waals surface area contributed by atoms with Crippen LogP contribution in [0.3, 0.4) is 0 Å². The number of benzene rings is 1. The second-order valence-electron chi connectivity index (χ2n) is 6.65. The van der Waals surface area contributed by atoms with Gasteiger partial charge in [-0.25, -0.2) is 0 Å². The molecule has 0 amide bonds. The van der Waals surface area contributed by atoms with Crippen LogP contribution in [0.1, 0.15) is 30.5 Å². The molecule has 0 aliphatic heterocycles. The van der Waals surface area contributed by atoms with Crippen molar-refractivity contribution in [1.82, 2.24) is 0 Å². The monoisotopic (exact) mass is 371 g/mol. The molecule has 0 aromatic heterocycles. The number of ether oxygens (including phenoxy) is 1. The number of allylic oxidation sites excluding steroid dienone is 1. The zero-order valence-corrected chi connectivity index (χ0v) is 15.4. The Morgan fingerprint density at radius 2 is 2.00 bits per heavy atom. The number of nitrogens with zero attached hydrogens (tertiary/aromatic N) is 1. The van der Waals surface area contributed by atoms with E-state index in [0.29, 0.717) is 11.1 Å². The largest absolute Gasteiger partial charge is 0.461 e. The van der Waals surface area contributed by atoms with Gasteiger partial charge in [0, 0.05) is 17.2 Å². The molecule has 130 valence electrons. The van der Waals surface area contributed by atoms with Gasteiger partial charge < -0.3 is 4.74 Å². The highest BCUT2D eigenvalue weighted by Crippen LogP contribution is 2.60. The number of hydrogen-bond acceptors (Lipinski definition) is 4. The first-order valence-electron chi connectivity index (χ1n) is 7.50. The summed E-state index contributed by atoms with van der Waals surface area (Å²) in [4.78, 5) is 23.0. The smallest absolute Gasteiger partial charge is 0.310 e. The lowest BCUT2D eigenvalue weighted by Gasteiger charge is -2.11. The van der Waals surface area contributed by atoms with Gasteiger partial charge in [0.25, 0.3) is 5.69 Å². The third kappa shape index (κ3) is 3.57. The van der Waals surface area contributed by atoms with Gasteiger partial charge >= 0.3 is 5.97 Å². The van der Waals surface area contributed by atoms with Crippen LogP contribution < -0.4 is 0 Å². The number of aryl methyl sites for hydroxylation is 1. The molecule has 24 heavy (non-hydrogen) atoms. The van der Waals surface area contributed by atoms with Crippen molar-refractivity contribution in [2.24, 2.45) is 17.3 Å². The second-order valence-corrected chi connectivity index (χ2v) is 7.66. The zero-order chi connectivity index (χ0) is 18.2. The molecule has 2 rings (SSSR count). The molecular weight excluding hydrogens is 353 g/mol. The first kappa shape index (κ1) is 18.7. The Bertz CT molecular complexity index is 724. The fourth-order valence-electron chi connectivity index (χ4n) is 3.11. The first-order chi connectivity index (χ1) is 11.1. The quantitative estimate of drug-likeness (QED) is 0.421. The van der Waals surface area contributed by atoms with Gasteiger partial charge in [0.05, 0.1) is 10.8 Å². The van der Waals surface area contributed by atoms with E-state index in [4.69, 9.17) is 27.9 Å². The molecule has 2 unspecified atom stereocenters. The molecule has 1 aromatic carbocycles. The standard InChI is InChI=1S/C17H19Cl2NO4/c1-9-5-6-13(20(22)23)10(2)11(9)8-24-16(21)15-12(7-14(18)19)17(15,3)4/h5-7,12,15H,8H2,1-4H3. The van der Waals surface area contributed by atoms with E-state index in [1.807, 2.05) is 20.8 Å². The van der Waals surface area contributed by atoms with E-state index in [1.165, 1.54) is 6.07 Å². The molecule has 0 bridgehead atoms. The van der Waals surface area contributed by atoms with Crippen LogP contribution in [-0.4, -0.2) is 10.9 Å². The predicted octanol–water partition coefficient (Wildman–Crippen LogP) is 4.85. The second kappa shape index (κ2) is 6.73. The lowest BCUT2D eigenvalue weighted by molar-refractivity contribution is -0.385. The van der Waals surface area contributed by atoms with Crippen molar-refractivity contribution < 1.29 is 14.5 Å². The summed E-state index contributed by atoms with van der Waals surface area (Å²) < 4.78 is 5.55. The first-order valence-corrected chi connectivity index (χ1v) is 8.26. The molecule has 1 aliphatic rings. The Morgan fingerprint density at radius 1 is 1.38 bits per heavy atom. The number of carbonyl (C=O) groups is 1. The highest BCUT2D eigenvalue weighted by atomic mass is 35.5. The number of esters is 1. The molecule has 0 heterocycles. The highest BCUT2D eigenvalue weighted by Gasteiger charge is 2.61. The minimum Gasteiger partial charge on any atom is -0.461 e. The Labute approximate surface area is 150 Å². The van der Waals surface area contributed by atoms with Gasteiger partial charge in [0.1, 0.15) is 11.1 Å². The van der Waals surface area contributed by atoms with Crippen LogP contribution in [0.5, 0.6) is 0 Å². The molecule has 0 saturated heterocycles. The Balaban J connectivity index is 2.12. The molecule has 0 spiro atoms. The van der Waals surface area contributed by atoms with Gasteiger partial charge in [-0.05, 0) is 36.8 Å². The van der Waals surface area contributed by atoms with E-state index in [1.54, 1.807) is 19.1 Å². The molecule has 5 nitrogen and oxygen atoms in total. The Hall–Kier alpha value is -1.59. The fourth-order valence-corrected chi connectivity index (χ4v) is 3.38. The molecule has 1 fully saturated rings. The lowest BCUT2D eigenvalue weighted by atomic mass is 10.0. The molecule has 1 aromatic rings. The van der Waals surface area contributed by atoms with Crippen molar-refractivity contribution in [3.05, 3.63) is 49.5 Å². The summed E-state index contributed by atoms with van der Waals surface area (Å²) in [5.41, 5.74) is 1.79. The van der Waals surface area contributed by atoms with E-state index in [2.05, 4.69) is 0 Å². The van der Waals surface area contributed by atoms with Crippen molar-refractivity contribution in [2.45, 2.75) is 34.3 Å². The van der Waals surface area contributed by atoms with Gasteiger partial charge in [-0.1, -0.05) is 43.1 Å². The van der Waals surface area contributed by atoms with Crippen LogP contribution in [0.4, 0.5) is 5.69 Å². The third-order valence-corrected chi connectivity index (χ3v) is 5.08. The third-order valence-electron chi connectivity index (χ3n) is 4.83. The van der Waals surface area contributed by atoms with Crippen LogP contribution in [0, 0.1) is 41.2 Å². The van der Waals surface area contributed by atoms with Gasteiger partial charge in [-0.15, -0.1) is 0 Å². The average molecular weight is 372 g/mol. The number of halogens is 2. The summed E-state index contributed by atoms with van der Waals surface area (Å²) in [6.07, 6.45) is 1.65. The zero-order valence-electron chi connectivity index (χ0n) is 13.9. The topological polar surface area (TPSA) is 69.4 Å². The van der Waals surface area contributed by atoms with Crippen LogP contribution in [0.2, 0.25) is 0 Å². The van der Waals surface area contributed by atoms with Crippen molar-refractivity contribution in [2.75, 3.05) is 0 Å². The van der Waals surface area contributed by atoms with E-state index in [0.717, 1.165) is 5.56 Å². The van der Waals surface area contributed by atoms with Crippen LogP contribution in [0.15, 0.2) is 22.7 Å². The predicted molar refractivity (Wildman–Crippen MR) is 92.9 cm³/mol. The van der Waals surface area contributed by atoms with Crippen LogP contribution in [0.25, 0.3) is 0 Å². The van der Waals surface area contributed by atoms with Crippen LogP contribution in [-0.2, 0) is 16.1 Å². The molecule has 0 N–H and O–H groups in total. The van der Waals surface area contributed by atoms with Gasteiger partial charge in [0.15, 0.2) is 0 Å². The van der Waals surface area contributed by atoms with Crippen molar-refractivity contribution in [3.8, 4) is 0 Å². The highest BCUT2D eigenvalue weighted by molar-refractivity contribution is 6.55. The lowest BCUT2D eigenvalue weighted by Crippen LogP contribution is -2.12. The summed E-state index contributed by atoms with van der Waals surface area (Å²) in [7, 11) is 0. The summed E-state index contributed by atoms with van der Waals surface area (Å²) in [5, 5.41) is 11.0. The van der Waals surface area contributed by atoms with Gasteiger partial charge in [0.2, 0.25) is 0 Å². The Morgan fingerprint density at radius 3 is 2.54 bits per heavy atom. The SMILES string of the molecule is Cc1ccc([N+](=O)[O-])c(C)c1COC(=O)C1C(C=C(Cl)Cl)C1(C)C. The summed E-state index contributed by atoms with van der Waals surface area (Å²) in [6, 6.07) is 3.12. The molecule has 1 saturated carbocycles. The van der Waals surface area contributed by atoms with E-state index in [9.17, 15) is 14.9 Å². The van der Waals surface area contributed by atoms with Gasteiger partial charge in [-0.3, -0.25) is 14.9 Å². The maximum absolute atomic E-state index is 12.4. The van der Waals surface area contributed by atoms with E-state index >= 15 is 0 Å². The number of carbonyl (C=O) groups excluding carboxylic acids is 1. The molecular formula is C17H19Cl2NO4. The van der Waals surface area contributed by atoms with E-state index in [-0.39, 0.29) is 40.0 Å². The maximum Gasteiger partial charge on any atom is 0.310 e. The minimum absolute atomic E-state index is 0.00972. The molecule has 2 atom stereocenters.